The Morgan fingerprint density at radius 2 is 2.09 bits per heavy atom. The second-order valence-corrected chi connectivity index (χ2v) is 6.35. The third-order valence-electron chi connectivity index (χ3n) is 3.84. The van der Waals surface area contributed by atoms with Crippen molar-refractivity contribution < 1.29 is 9.53 Å². The first-order chi connectivity index (χ1) is 11.2. The molecule has 2 heterocycles. The van der Waals surface area contributed by atoms with Gasteiger partial charge in [-0.05, 0) is 26.0 Å². The fraction of sp³-hybridized carbons (Fsp3) is 0.500. The van der Waals surface area contributed by atoms with Crippen LogP contribution in [0.25, 0.3) is 10.2 Å². The molecule has 0 spiro atoms. The Bertz CT molecular complexity index is 680. The predicted molar refractivity (Wildman–Crippen MR) is 93.6 cm³/mol. The summed E-state index contributed by atoms with van der Waals surface area (Å²) in [5.41, 5.74) is 0.931. The standard InChI is InChI=1S/C16H22N4O2S/c1-3-17-15(21)19-8-10-20(11-9-19)16-18-14-12(22-4-2)6-5-7-13(14)23-16/h5-7H,3-4,8-11H2,1-2H3,(H,17,21). The molecule has 0 unspecified atom stereocenters. The van der Waals surface area contributed by atoms with Crippen LogP contribution in [-0.2, 0) is 0 Å². The highest BCUT2D eigenvalue weighted by Gasteiger charge is 2.23. The maximum absolute atomic E-state index is 11.9. The van der Waals surface area contributed by atoms with E-state index in [9.17, 15) is 4.79 Å². The van der Waals surface area contributed by atoms with E-state index in [0.29, 0.717) is 13.2 Å². The fourth-order valence-corrected chi connectivity index (χ4v) is 3.72. The van der Waals surface area contributed by atoms with Crippen molar-refractivity contribution in [3.05, 3.63) is 18.2 Å². The van der Waals surface area contributed by atoms with Gasteiger partial charge in [0.2, 0.25) is 0 Å². The second-order valence-electron chi connectivity index (χ2n) is 5.34. The van der Waals surface area contributed by atoms with E-state index in [2.05, 4.69) is 16.3 Å². The van der Waals surface area contributed by atoms with Gasteiger partial charge in [-0.25, -0.2) is 9.78 Å². The van der Waals surface area contributed by atoms with E-state index in [0.717, 1.165) is 47.3 Å². The number of piperazine rings is 1. The highest BCUT2D eigenvalue weighted by Crippen LogP contribution is 2.34. The van der Waals surface area contributed by atoms with Crippen molar-refractivity contribution in [1.29, 1.82) is 0 Å². The Labute approximate surface area is 140 Å². The van der Waals surface area contributed by atoms with Gasteiger partial charge in [0, 0.05) is 32.7 Å². The van der Waals surface area contributed by atoms with Crippen molar-refractivity contribution in [2.75, 3.05) is 44.2 Å². The minimum absolute atomic E-state index is 0.0232. The van der Waals surface area contributed by atoms with Crippen LogP contribution in [0, 0.1) is 0 Å². The van der Waals surface area contributed by atoms with E-state index in [4.69, 9.17) is 9.72 Å². The van der Waals surface area contributed by atoms with Crippen molar-refractivity contribution in [2.45, 2.75) is 13.8 Å². The Hall–Kier alpha value is -2.02. The molecule has 2 amide bonds. The molecular formula is C16H22N4O2S. The summed E-state index contributed by atoms with van der Waals surface area (Å²) in [6, 6.07) is 6.06. The Morgan fingerprint density at radius 3 is 2.78 bits per heavy atom. The van der Waals surface area contributed by atoms with E-state index in [-0.39, 0.29) is 6.03 Å². The zero-order valence-electron chi connectivity index (χ0n) is 13.5. The van der Waals surface area contributed by atoms with Gasteiger partial charge in [-0.15, -0.1) is 0 Å². The van der Waals surface area contributed by atoms with Gasteiger partial charge >= 0.3 is 6.03 Å². The van der Waals surface area contributed by atoms with Gasteiger partial charge in [-0.2, -0.15) is 0 Å². The van der Waals surface area contributed by atoms with Gasteiger partial charge in [0.1, 0.15) is 11.3 Å². The molecule has 3 rings (SSSR count). The number of carbonyl (C=O) groups excluding carboxylic acids is 1. The Balaban J connectivity index is 1.72. The normalized spacial score (nSPS) is 15.0. The van der Waals surface area contributed by atoms with Gasteiger partial charge in [0.25, 0.3) is 0 Å². The summed E-state index contributed by atoms with van der Waals surface area (Å²) in [5.74, 6) is 0.841. The number of hydrogen-bond acceptors (Lipinski definition) is 5. The van der Waals surface area contributed by atoms with Crippen LogP contribution < -0.4 is 15.0 Å². The molecule has 0 saturated carbocycles. The number of rotatable bonds is 4. The molecule has 1 N–H and O–H groups in total. The van der Waals surface area contributed by atoms with Gasteiger partial charge < -0.3 is 19.9 Å². The van der Waals surface area contributed by atoms with Gasteiger partial charge in [-0.1, -0.05) is 17.4 Å². The number of thiazole rings is 1. The number of urea groups is 1. The number of fused-ring (bicyclic) bond motifs is 1. The van der Waals surface area contributed by atoms with Crippen molar-refractivity contribution in [3.63, 3.8) is 0 Å². The lowest BCUT2D eigenvalue weighted by Crippen LogP contribution is -2.51. The van der Waals surface area contributed by atoms with Crippen LogP contribution >= 0.6 is 11.3 Å². The number of ether oxygens (including phenoxy) is 1. The van der Waals surface area contributed by atoms with Crippen LogP contribution in [-0.4, -0.2) is 55.2 Å². The lowest BCUT2D eigenvalue weighted by atomic mass is 10.3. The lowest BCUT2D eigenvalue weighted by Gasteiger charge is -2.34. The molecule has 1 aliphatic heterocycles. The summed E-state index contributed by atoms with van der Waals surface area (Å²) in [6.07, 6.45) is 0. The number of anilines is 1. The first-order valence-electron chi connectivity index (χ1n) is 8.03. The zero-order chi connectivity index (χ0) is 16.2. The van der Waals surface area contributed by atoms with Crippen molar-refractivity contribution in [2.24, 2.45) is 0 Å². The Kier molecular flexibility index (Phi) is 4.85. The summed E-state index contributed by atoms with van der Waals surface area (Å²) in [5, 5.41) is 3.85. The van der Waals surface area contributed by atoms with Crippen LogP contribution in [0.2, 0.25) is 0 Å². The monoisotopic (exact) mass is 334 g/mol. The maximum atomic E-state index is 11.9. The summed E-state index contributed by atoms with van der Waals surface area (Å²) in [6.45, 7) is 8.27. The SMILES string of the molecule is CCNC(=O)N1CCN(c2nc3c(OCC)cccc3s2)CC1. The lowest BCUT2D eigenvalue weighted by molar-refractivity contribution is 0.195. The van der Waals surface area contributed by atoms with E-state index < -0.39 is 0 Å². The highest BCUT2D eigenvalue weighted by atomic mass is 32.1. The average Bonchev–Trinajstić information content (AvgIpc) is 3.01. The number of aromatic nitrogens is 1. The first kappa shape index (κ1) is 15.9. The van der Waals surface area contributed by atoms with E-state index in [1.54, 1.807) is 11.3 Å². The number of carbonyl (C=O) groups is 1. The van der Waals surface area contributed by atoms with Crippen LogP contribution in [0.1, 0.15) is 13.8 Å². The minimum Gasteiger partial charge on any atom is -0.492 e. The van der Waals surface area contributed by atoms with E-state index in [1.165, 1.54) is 0 Å². The van der Waals surface area contributed by atoms with E-state index in [1.807, 2.05) is 30.9 Å². The van der Waals surface area contributed by atoms with Crippen LogP contribution in [0.4, 0.5) is 9.93 Å². The number of amides is 2. The van der Waals surface area contributed by atoms with Gasteiger partial charge in [0.05, 0.1) is 11.3 Å². The molecule has 6 nitrogen and oxygen atoms in total. The van der Waals surface area contributed by atoms with Crippen LogP contribution in [0.3, 0.4) is 0 Å². The average molecular weight is 334 g/mol. The second kappa shape index (κ2) is 7.04. The minimum atomic E-state index is 0.0232. The molecule has 0 bridgehead atoms. The molecule has 0 aliphatic carbocycles. The molecule has 1 aromatic carbocycles. The molecule has 0 atom stereocenters. The molecule has 1 aliphatic rings. The summed E-state index contributed by atoms with van der Waals surface area (Å²) in [7, 11) is 0. The smallest absolute Gasteiger partial charge is 0.317 e. The largest absolute Gasteiger partial charge is 0.492 e. The number of hydrogen-bond donors (Lipinski definition) is 1. The third-order valence-corrected chi connectivity index (χ3v) is 4.92. The molecular weight excluding hydrogens is 312 g/mol. The number of nitrogens with zero attached hydrogens (tertiary/aromatic N) is 3. The first-order valence-corrected chi connectivity index (χ1v) is 8.84. The Morgan fingerprint density at radius 1 is 1.30 bits per heavy atom. The third kappa shape index (κ3) is 3.34. The molecule has 0 radical (unpaired) electrons. The predicted octanol–water partition coefficient (Wildman–Crippen LogP) is 2.55. The summed E-state index contributed by atoms with van der Waals surface area (Å²) >= 11 is 1.68. The number of benzene rings is 1. The number of para-hydroxylation sites is 1. The van der Waals surface area contributed by atoms with Crippen LogP contribution in [0.15, 0.2) is 18.2 Å². The van der Waals surface area contributed by atoms with Crippen molar-refractivity contribution in [3.8, 4) is 5.75 Å². The maximum Gasteiger partial charge on any atom is 0.317 e. The van der Waals surface area contributed by atoms with Gasteiger partial charge in [0.15, 0.2) is 5.13 Å². The zero-order valence-corrected chi connectivity index (χ0v) is 14.4. The summed E-state index contributed by atoms with van der Waals surface area (Å²) < 4.78 is 6.80. The topological polar surface area (TPSA) is 57.7 Å². The molecule has 1 fully saturated rings. The quantitative estimate of drug-likeness (QED) is 0.933. The van der Waals surface area contributed by atoms with E-state index >= 15 is 0 Å². The van der Waals surface area contributed by atoms with Crippen molar-refractivity contribution in [1.82, 2.24) is 15.2 Å². The van der Waals surface area contributed by atoms with Crippen molar-refractivity contribution >= 4 is 32.7 Å². The molecule has 7 heteroatoms. The summed E-state index contributed by atoms with van der Waals surface area (Å²) in [4.78, 5) is 20.7. The van der Waals surface area contributed by atoms with Crippen LogP contribution in [0.5, 0.6) is 5.75 Å². The van der Waals surface area contributed by atoms with Gasteiger partial charge in [-0.3, -0.25) is 0 Å². The fourth-order valence-electron chi connectivity index (χ4n) is 2.68. The molecule has 23 heavy (non-hydrogen) atoms. The molecule has 1 aromatic heterocycles. The molecule has 1 saturated heterocycles. The molecule has 124 valence electrons. The molecule has 2 aromatic rings. The number of nitrogens with one attached hydrogen (secondary N) is 1. The highest BCUT2D eigenvalue weighted by molar-refractivity contribution is 7.22.